The molecule has 0 spiro atoms. The third-order valence-corrected chi connectivity index (χ3v) is 3.13. The number of carboxylic acids is 1. The summed E-state index contributed by atoms with van der Waals surface area (Å²) in [7, 11) is 0. The number of aliphatic carboxylic acids is 1. The minimum absolute atomic E-state index is 0.423. The van der Waals surface area contributed by atoms with E-state index in [2.05, 4.69) is 16.7 Å². The molecule has 3 amide bonds. The first-order chi connectivity index (χ1) is 9.49. The highest BCUT2D eigenvalue weighted by atomic mass is 16.4. The van der Waals surface area contributed by atoms with Crippen LogP contribution in [0.3, 0.4) is 0 Å². The molecule has 112 valence electrons. The molecule has 0 aromatic carbocycles. The van der Waals surface area contributed by atoms with E-state index in [1.165, 1.54) is 18.4 Å². The maximum absolute atomic E-state index is 11.5. The third-order valence-electron chi connectivity index (χ3n) is 3.13. The van der Waals surface area contributed by atoms with Crippen molar-refractivity contribution in [1.82, 2.24) is 10.6 Å². The van der Waals surface area contributed by atoms with Gasteiger partial charge in [-0.3, -0.25) is 4.79 Å². The fourth-order valence-corrected chi connectivity index (χ4v) is 2.08. The zero-order valence-electron chi connectivity index (χ0n) is 11.4. The maximum atomic E-state index is 11.5. The summed E-state index contributed by atoms with van der Waals surface area (Å²) in [5.41, 5.74) is 6.25. The van der Waals surface area contributed by atoms with Gasteiger partial charge in [0, 0.05) is 6.54 Å². The number of amides is 3. The zero-order valence-corrected chi connectivity index (χ0v) is 11.4. The average Bonchev–Trinajstić information content (AvgIpc) is 2.38. The Bertz CT molecular complexity index is 406. The van der Waals surface area contributed by atoms with Gasteiger partial charge in [-0.15, -0.1) is 0 Å². The van der Waals surface area contributed by atoms with Crippen molar-refractivity contribution in [2.24, 2.45) is 5.73 Å². The van der Waals surface area contributed by atoms with Crippen LogP contribution in [0.5, 0.6) is 0 Å². The summed E-state index contributed by atoms with van der Waals surface area (Å²) in [6.45, 7) is 0.445. The van der Waals surface area contributed by atoms with Crippen LogP contribution >= 0.6 is 0 Å². The molecule has 7 nitrogen and oxygen atoms in total. The second kappa shape index (κ2) is 8.19. The van der Waals surface area contributed by atoms with Crippen LogP contribution in [-0.4, -0.2) is 35.6 Å². The Balaban J connectivity index is 2.28. The van der Waals surface area contributed by atoms with Crippen molar-refractivity contribution in [1.29, 1.82) is 0 Å². The fourth-order valence-electron chi connectivity index (χ4n) is 2.08. The predicted octanol–water partition coefficient (Wildman–Crippen LogP) is 0.505. The first kappa shape index (κ1) is 16.0. The SMILES string of the molecule is NC(=O)C[C@@H](NC(=O)NCCC1=CCCCC1)C(=O)O. The van der Waals surface area contributed by atoms with Gasteiger partial charge in [0.1, 0.15) is 6.04 Å². The second-order valence-corrected chi connectivity index (χ2v) is 4.82. The highest BCUT2D eigenvalue weighted by molar-refractivity contribution is 5.87. The summed E-state index contributed by atoms with van der Waals surface area (Å²) in [6, 6.07) is -1.89. The number of hydrogen-bond donors (Lipinski definition) is 4. The topological polar surface area (TPSA) is 122 Å². The lowest BCUT2D eigenvalue weighted by Gasteiger charge is -2.15. The van der Waals surface area contributed by atoms with Gasteiger partial charge in [-0.05, 0) is 32.1 Å². The Morgan fingerprint density at radius 1 is 1.35 bits per heavy atom. The van der Waals surface area contributed by atoms with Gasteiger partial charge in [0.15, 0.2) is 0 Å². The molecule has 0 fully saturated rings. The monoisotopic (exact) mass is 283 g/mol. The van der Waals surface area contributed by atoms with Gasteiger partial charge in [0.25, 0.3) is 0 Å². The number of nitrogens with one attached hydrogen (secondary N) is 2. The number of nitrogens with two attached hydrogens (primary N) is 1. The lowest BCUT2D eigenvalue weighted by atomic mass is 9.97. The summed E-state index contributed by atoms with van der Waals surface area (Å²) in [4.78, 5) is 33.1. The maximum Gasteiger partial charge on any atom is 0.326 e. The first-order valence-corrected chi connectivity index (χ1v) is 6.72. The van der Waals surface area contributed by atoms with Gasteiger partial charge in [0.05, 0.1) is 6.42 Å². The van der Waals surface area contributed by atoms with Gasteiger partial charge in [-0.2, -0.15) is 0 Å². The van der Waals surface area contributed by atoms with Gasteiger partial charge in [-0.1, -0.05) is 11.6 Å². The molecule has 1 aliphatic rings. The number of carbonyl (C=O) groups is 3. The molecule has 0 aromatic rings. The lowest BCUT2D eigenvalue weighted by Crippen LogP contribution is -2.47. The quantitative estimate of drug-likeness (QED) is 0.508. The van der Waals surface area contributed by atoms with Crippen molar-refractivity contribution >= 4 is 17.9 Å². The molecule has 0 aliphatic heterocycles. The third kappa shape index (κ3) is 6.21. The van der Waals surface area contributed by atoms with Crippen LogP contribution in [-0.2, 0) is 9.59 Å². The van der Waals surface area contributed by atoms with Crippen molar-refractivity contribution in [2.45, 2.75) is 44.6 Å². The van der Waals surface area contributed by atoms with E-state index in [-0.39, 0.29) is 0 Å². The first-order valence-electron chi connectivity index (χ1n) is 6.72. The Morgan fingerprint density at radius 3 is 2.65 bits per heavy atom. The zero-order chi connectivity index (χ0) is 15.0. The summed E-state index contributed by atoms with van der Waals surface area (Å²) < 4.78 is 0. The summed E-state index contributed by atoms with van der Waals surface area (Å²) >= 11 is 0. The highest BCUT2D eigenvalue weighted by Gasteiger charge is 2.21. The van der Waals surface area contributed by atoms with Gasteiger partial charge >= 0.3 is 12.0 Å². The molecule has 1 atom stereocenters. The van der Waals surface area contributed by atoms with Crippen molar-refractivity contribution in [2.75, 3.05) is 6.54 Å². The molecule has 0 saturated heterocycles. The number of hydrogen-bond acceptors (Lipinski definition) is 3. The Kier molecular flexibility index (Phi) is 6.55. The summed E-state index contributed by atoms with van der Waals surface area (Å²) in [5, 5.41) is 13.6. The van der Waals surface area contributed by atoms with Crippen LogP contribution in [0.1, 0.15) is 38.5 Å². The largest absolute Gasteiger partial charge is 0.480 e. The number of carbonyl (C=O) groups excluding carboxylic acids is 2. The van der Waals surface area contributed by atoms with Gasteiger partial charge in [-0.25, -0.2) is 9.59 Å². The van der Waals surface area contributed by atoms with Crippen molar-refractivity contribution < 1.29 is 19.5 Å². The average molecular weight is 283 g/mol. The Hall–Kier alpha value is -2.05. The number of carboxylic acid groups (broad SMARTS) is 1. The van der Waals surface area contributed by atoms with E-state index in [0.717, 1.165) is 19.3 Å². The van der Waals surface area contributed by atoms with Crippen molar-refractivity contribution in [3.05, 3.63) is 11.6 Å². The van der Waals surface area contributed by atoms with E-state index in [1.54, 1.807) is 0 Å². The summed E-state index contributed by atoms with van der Waals surface area (Å²) in [6.07, 6.45) is 7.07. The van der Waals surface area contributed by atoms with Crippen LogP contribution in [0.15, 0.2) is 11.6 Å². The molecule has 0 bridgehead atoms. The van der Waals surface area contributed by atoms with E-state index in [4.69, 9.17) is 10.8 Å². The summed E-state index contributed by atoms with van der Waals surface area (Å²) in [5.74, 6) is -2.06. The molecule has 1 rings (SSSR count). The number of primary amides is 1. The van der Waals surface area contributed by atoms with Crippen molar-refractivity contribution in [3.63, 3.8) is 0 Å². The molecule has 0 heterocycles. The van der Waals surface area contributed by atoms with Crippen LogP contribution < -0.4 is 16.4 Å². The standard InChI is InChI=1S/C13H21N3O4/c14-11(17)8-10(12(18)19)16-13(20)15-7-6-9-4-2-1-3-5-9/h4,10H,1-3,5-8H2,(H2,14,17)(H,18,19)(H2,15,16,20)/t10-/m1/s1. The molecule has 0 radical (unpaired) electrons. The normalized spacial score (nSPS) is 15.9. The molecular weight excluding hydrogens is 262 g/mol. The van der Waals surface area contributed by atoms with Gasteiger partial charge < -0.3 is 21.5 Å². The smallest absolute Gasteiger partial charge is 0.326 e. The van der Waals surface area contributed by atoms with Gasteiger partial charge in [0.2, 0.25) is 5.91 Å². The molecule has 20 heavy (non-hydrogen) atoms. The molecule has 0 saturated carbocycles. The Morgan fingerprint density at radius 2 is 2.10 bits per heavy atom. The molecule has 0 unspecified atom stereocenters. The fraction of sp³-hybridized carbons (Fsp3) is 0.615. The van der Waals surface area contributed by atoms with Crippen LogP contribution in [0, 0.1) is 0 Å². The molecule has 7 heteroatoms. The predicted molar refractivity (Wildman–Crippen MR) is 72.9 cm³/mol. The number of rotatable bonds is 7. The number of urea groups is 1. The number of allylic oxidation sites excluding steroid dienone is 1. The lowest BCUT2D eigenvalue weighted by molar-refractivity contribution is -0.140. The van der Waals surface area contributed by atoms with Crippen molar-refractivity contribution in [3.8, 4) is 0 Å². The minimum atomic E-state index is -1.29. The van der Waals surface area contributed by atoms with E-state index in [0.29, 0.717) is 6.54 Å². The van der Waals surface area contributed by atoms with E-state index < -0.39 is 30.4 Å². The van der Waals surface area contributed by atoms with E-state index in [1.807, 2.05) is 0 Å². The molecule has 0 aromatic heterocycles. The van der Waals surface area contributed by atoms with Crippen LogP contribution in [0.25, 0.3) is 0 Å². The Labute approximate surface area is 117 Å². The van der Waals surface area contributed by atoms with E-state index in [9.17, 15) is 14.4 Å². The molecule has 5 N–H and O–H groups in total. The highest BCUT2D eigenvalue weighted by Crippen LogP contribution is 2.19. The van der Waals surface area contributed by atoms with Crippen LogP contribution in [0.2, 0.25) is 0 Å². The minimum Gasteiger partial charge on any atom is -0.480 e. The second-order valence-electron chi connectivity index (χ2n) is 4.82. The molecule has 1 aliphatic carbocycles. The molecular formula is C13H21N3O4. The van der Waals surface area contributed by atoms with Crippen LogP contribution in [0.4, 0.5) is 4.79 Å². The van der Waals surface area contributed by atoms with E-state index >= 15 is 0 Å².